The normalized spacial score (nSPS) is 16.3. The largest absolute Gasteiger partial charge is 0.494 e. The Morgan fingerprint density at radius 1 is 1.30 bits per heavy atom. The fraction of sp³-hybridized carbons (Fsp3) is 0.333. The summed E-state index contributed by atoms with van der Waals surface area (Å²) < 4.78 is 29.5. The molecule has 30 heavy (non-hydrogen) atoms. The van der Waals surface area contributed by atoms with Gasteiger partial charge < -0.3 is 24.5 Å². The minimum atomic E-state index is -0.769. The topological polar surface area (TPSA) is 93.0 Å². The van der Waals surface area contributed by atoms with E-state index in [0.717, 1.165) is 5.56 Å². The van der Waals surface area contributed by atoms with Crippen molar-refractivity contribution in [2.75, 3.05) is 27.3 Å². The Labute approximate surface area is 173 Å². The van der Waals surface area contributed by atoms with E-state index in [-0.39, 0.29) is 24.5 Å². The summed E-state index contributed by atoms with van der Waals surface area (Å²) >= 11 is 0. The molecular weight excluding hydrogens is 393 g/mol. The molecule has 9 heteroatoms. The smallest absolute Gasteiger partial charge is 0.338 e. The number of rotatable bonds is 8. The van der Waals surface area contributed by atoms with Gasteiger partial charge in [0.05, 0.1) is 25.6 Å². The van der Waals surface area contributed by atoms with E-state index in [9.17, 15) is 14.0 Å². The highest BCUT2D eigenvalue weighted by Gasteiger charge is 2.35. The molecule has 0 saturated heterocycles. The minimum absolute atomic E-state index is 0.167. The molecule has 0 bridgehead atoms. The minimum Gasteiger partial charge on any atom is -0.494 e. The summed E-state index contributed by atoms with van der Waals surface area (Å²) in [5.41, 5.74) is 1.38. The second-order valence-corrected chi connectivity index (χ2v) is 6.80. The zero-order valence-corrected chi connectivity index (χ0v) is 17.0. The number of carbonyl (C=O) groups excluding carboxylic acids is 2. The molecule has 2 heterocycles. The molecule has 1 aromatic carbocycles. The van der Waals surface area contributed by atoms with E-state index >= 15 is 0 Å². The first kappa shape index (κ1) is 21.4. The van der Waals surface area contributed by atoms with E-state index < -0.39 is 23.9 Å². The van der Waals surface area contributed by atoms with Crippen molar-refractivity contribution in [2.24, 2.45) is 0 Å². The summed E-state index contributed by atoms with van der Waals surface area (Å²) in [6.07, 6.45) is 1.47. The fourth-order valence-electron chi connectivity index (χ4n) is 3.31. The summed E-state index contributed by atoms with van der Waals surface area (Å²) in [4.78, 5) is 26.8. The number of nitrogens with zero attached hydrogens (tertiary/aromatic N) is 1. The molecule has 2 N–H and O–H groups in total. The Balaban J connectivity index is 1.86. The van der Waals surface area contributed by atoms with Crippen molar-refractivity contribution >= 4 is 12.0 Å². The zero-order chi connectivity index (χ0) is 21.7. The van der Waals surface area contributed by atoms with E-state index in [1.165, 1.54) is 19.4 Å². The molecule has 160 valence electrons. The second kappa shape index (κ2) is 9.45. The van der Waals surface area contributed by atoms with Crippen LogP contribution in [0.3, 0.4) is 0 Å². The number of esters is 1. The van der Waals surface area contributed by atoms with Gasteiger partial charge in [0.25, 0.3) is 0 Å². The molecule has 0 spiro atoms. The quantitative estimate of drug-likeness (QED) is 0.642. The van der Waals surface area contributed by atoms with E-state index in [1.807, 2.05) is 4.90 Å². The van der Waals surface area contributed by atoms with E-state index in [4.69, 9.17) is 13.9 Å². The molecule has 1 aromatic heterocycles. The van der Waals surface area contributed by atoms with Crippen molar-refractivity contribution in [2.45, 2.75) is 19.5 Å². The molecule has 0 radical (unpaired) electrons. The lowest BCUT2D eigenvalue weighted by molar-refractivity contribution is -0.139. The number of carbonyl (C=O) groups is 2. The number of benzene rings is 1. The van der Waals surface area contributed by atoms with E-state index in [2.05, 4.69) is 10.6 Å². The van der Waals surface area contributed by atoms with Gasteiger partial charge >= 0.3 is 12.0 Å². The molecule has 0 unspecified atom stereocenters. The predicted molar refractivity (Wildman–Crippen MR) is 106 cm³/mol. The average Bonchev–Trinajstić information content (AvgIpc) is 3.22. The van der Waals surface area contributed by atoms with Gasteiger partial charge in [-0.2, -0.15) is 0 Å². The Morgan fingerprint density at radius 2 is 2.10 bits per heavy atom. The van der Waals surface area contributed by atoms with Crippen LogP contribution < -0.4 is 15.4 Å². The number of ether oxygens (including phenoxy) is 2. The lowest BCUT2D eigenvalue weighted by atomic mass is 10.00. The summed E-state index contributed by atoms with van der Waals surface area (Å²) in [5.74, 6) is -0.418. The van der Waals surface area contributed by atoms with Crippen LogP contribution in [0, 0.1) is 5.82 Å². The molecule has 2 aromatic rings. The van der Waals surface area contributed by atoms with Crippen LogP contribution in [0.2, 0.25) is 0 Å². The number of methoxy groups -OCH3 is 1. The number of hydrogen-bond donors (Lipinski definition) is 2. The summed E-state index contributed by atoms with van der Waals surface area (Å²) in [6.45, 7) is 2.51. The predicted octanol–water partition coefficient (Wildman–Crippen LogP) is 2.73. The molecule has 2 amide bonds. The van der Waals surface area contributed by atoms with Gasteiger partial charge in [0.2, 0.25) is 0 Å². The van der Waals surface area contributed by atoms with Crippen LogP contribution in [0.15, 0.2) is 52.3 Å². The van der Waals surface area contributed by atoms with Crippen LogP contribution in [0.25, 0.3) is 0 Å². The number of urea groups is 1. The first-order valence-electron chi connectivity index (χ1n) is 9.45. The number of hydrogen-bond acceptors (Lipinski definition) is 6. The Morgan fingerprint density at radius 3 is 2.73 bits per heavy atom. The molecule has 3 rings (SSSR count). The highest BCUT2D eigenvalue weighted by molar-refractivity contribution is 5.95. The Hall–Kier alpha value is -3.33. The highest BCUT2D eigenvalue weighted by Crippen LogP contribution is 2.28. The molecular formula is C21H24FN3O5. The van der Waals surface area contributed by atoms with Crippen LogP contribution in [0.5, 0.6) is 5.75 Å². The van der Waals surface area contributed by atoms with Gasteiger partial charge in [-0.25, -0.2) is 14.0 Å². The van der Waals surface area contributed by atoms with Crippen molar-refractivity contribution in [3.63, 3.8) is 0 Å². The maximum atomic E-state index is 14.0. The molecule has 8 nitrogen and oxygen atoms in total. The third-order valence-electron chi connectivity index (χ3n) is 4.57. The number of halogens is 1. The standard InChI is InChI=1S/C21H24FN3O5/c1-4-29-20(26)18-15(23-21(27)24-19(18)17-6-5-9-30-17)12-25(2)11-13-7-8-16(28-3)14(22)10-13/h5-10,19H,4,11-12H2,1-3H3,(H2,23,24,27)/t19-/m0/s1. The average molecular weight is 417 g/mol. The summed E-state index contributed by atoms with van der Waals surface area (Å²) in [6, 6.07) is 6.83. The molecule has 0 aliphatic carbocycles. The molecule has 0 saturated carbocycles. The zero-order valence-electron chi connectivity index (χ0n) is 17.0. The van der Waals surface area contributed by atoms with E-state index in [0.29, 0.717) is 18.0 Å². The van der Waals surface area contributed by atoms with Gasteiger partial charge in [-0.3, -0.25) is 4.90 Å². The van der Waals surface area contributed by atoms with Crippen molar-refractivity contribution in [1.29, 1.82) is 0 Å². The number of amides is 2. The molecule has 1 atom stereocenters. The van der Waals surface area contributed by atoms with Crippen LogP contribution >= 0.6 is 0 Å². The van der Waals surface area contributed by atoms with Gasteiger partial charge in [0, 0.05) is 18.8 Å². The maximum absolute atomic E-state index is 14.0. The maximum Gasteiger partial charge on any atom is 0.338 e. The summed E-state index contributed by atoms with van der Waals surface area (Å²) in [7, 11) is 3.21. The van der Waals surface area contributed by atoms with Crippen LogP contribution in [-0.2, 0) is 16.1 Å². The molecule has 1 aliphatic rings. The molecule has 1 aliphatic heterocycles. The summed E-state index contributed by atoms with van der Waals surface area (Å²) in [5, 5.41) is 5.39. The van der Waals surface area contributed by atoms with Crippen LogP contribution in [-0.4, -0.2) is 44.2 Å². The van der Waals surface area contributed by atoms with Gasteiger partial charge in [-0.05, 0) is 43.8 Å². The van der Waals surface area contributed by atoms with Crippen molar-refractivity contribution < 1.29 is 27.9 Å². The van der Waals surface area contributed by atoms with Gasteiger partial charge in [0.1, 0.15) is 11.8 Å². The van der Waals surface area contributed by atoms with Crippen LogP contribution in [0.1, 0.15) is 24.3 Å². The first-order valence-corrected chi connectivity index (χ1v) is 9.45. The lowest BCUT2D eigenvalue weighted by Crippen LogP contribution is -2.48. The highest BCUT2D eigenvalue weighted by atomic mass is 19.1. The number of likely N-dealkylation sites (N-methyl/N-ethyl adjacent to an activating group) is 1. The Bertz CT molecular complexity index is 942. The second-order valence-electron chi connectivity index (χ2n) is 6.80. The van der Waals surface area contributed by atoms with Gasteiger partial charge in [-0.15, -0.1) is 0 Å². The third kappa shape index (κ3) is 4.80. The number of nitrogens with one attached hydrogen (secondary N) is 2. The fourth-order valence-corrected chi connectivity index (χ4v) is 3.31. The van der Waals surface area contributed by atoms with E-state index in [1.54, 1.807) is 38.2 Å². The molecule has 0 fully saturated rings. The Kier molecular flexibility index (Phi) is 6.73. The van der Waals surface area contributed by atoms with Crippen LogP contribution in [0.4, 0.5) is 9.18 Å². The third-order valence-corrected chi connectivity index (χ3v) is 4.57. The lowest BCUT2D eigenvalue weighted by Gasteiger charge is -2.30. The number of furan rings is 1. The van der Waals surface area contributed by atoms with Crippen molar-refractivity contribution in [3.05, 3.63) is 65.0 Å². The SMILES string of the molecule is CCOC(=O)C1=C(CN(C)Cc2ccc(OC)c(F)c2)NC(=O)N[C@H]1c1ccco1. The monoisotopic (exact) mass is 417 g/mol. The van der Waals surface area contributed by atoms with Crippen molar-refractivity contribution in [1.82, 2.24) is 15.5 Å². The van der Waals surface area contributed by atoms with Gasteiger partial charge in [0.15, 0.2) is 11.6 Å². The van der Waals surface area contributed by atoms with Gasteiger partial charge in [-0.1, -0.05) is 6.07 Å². The first-order chi connectivity index (χ1) is 14.4. The van der Waals surface area contributed by atoms with Crippen molar-refractivity contribution in [3.8, 4) is 5.75 Å².